The number of hydrogen-bond acceptors (Lipinski definition) is 3. The molecule has 1 aromatic heterocycles. The standard InChI is InChI=1S/C8H6FN3/c9-8-11-4-5-3-6(10)1-2-7(5)12-8/h1-4H,10H2. The Hall–Kier alpha value is -1.71. The molecule has 1 heterocycles. The van der Waals surface area contributed by atoms with Crippen LogP contribution in [0.5, 0.6) is 0 Å². The van der Waals surface area contributed by atoms with E-state index in [1.165, 1.54) is 6.20 Å². The van der Waals surface area contributed by atoms with E-state index in [0.29, 0.717) is 11.2 Å². The van der Waals surface area contributed by atoms with Gasteiger partial charge in [-0.3, -0.25) is 0 Å². The molecule has 0 saturated heterocycles. The van der Waals surface area contributed by atoms with Gasteiger partial charge in [0.1, 0.15) is 0 Å². The Morgan fingerprint density at radius 2 is 2.17 bits per heavy atom. The zero-order chi connectivity index (χ0) is 8.55. The van der Waals surface area contributed by atoms with Crippen LogP contribution in [0, 0.1) is 6.08 Å². The summed E-state index contributed by atoms with van der Waals surface area (Å²) in [6.07, 6.45) is 0.695. The van der Waals surface area contributed by atoms with Crippen molar-refractivity contribution in [1.82, 2.24) is 9.97 Å². The molecule has 2 rings (SSSR count). The van der Waals surface area contributed by atoms with Crippen LogP contribution in [-0.2, 0) is 0 Å². The molecule has 12 heavy (non-hydrogen) atoms. The molecule has 0 aliphatic carbocycles. The molecule has 0 radical (unpaired) electrons. The molecule has 1 aromatic carbocycles. The lowest BCUT2D eigenvalue weighted by molar-refractivity contribution is 0.544. The molecule has 0 aliphatic heterocycles. The van der Waals surface area contributed by atoms with E-state index in [2.05, 4.69) is 9.97 Å². The molecule has 2 aromatic rings. The predicted octanol–water partition coefficient (Wildman–Crippen LogP) is 1.35. The van der Waals surface area contributed by atoms with Gasteiger partial charge in [-0.05, 0) is 18.2 Å². The smallest absolute Gasteiger partial charge is 0.309 e. The molecule has 0 aliphatic rings. The van der Waals surface area contributed by atoms with Crippen molar-refractivity contribution in [1.29, 1.82) is 0 Å². The largest absolute Gasteiger partial charge is 0.399 e. The number of hydrogen-bond donors (Lipinski definition) is 1. The van der Waals surface area contributed by atoms with E-state index in [0.717, 1.165) is 5.39 Å². The van der Waals surface area contributed by atoms with Gasteiger partial charge in [0.2, 0.25) is 0 Å². The van der Waals surface area contributed by atoms with Crippen molar-refractivity contribution in [3.05, 3.63) is 30.5 Å². The fourth-order valence-corrected chi connectivity index (χ4v) is 1.03. The quantitative estimate of drug-likeness (QED) is 0.471. The minimum Gasteiger partial charge on any atom is -0.399 e. The number of benzene rings is 1. The highest BCUT2D eigenvalue weighted by molar-refractivity contribution is 5.80. The van der Waals surface area contributed by atoms with Crippen LogP contribution < -0.4 is 5.73 Å². The van der Waals surface area contributed by atoms with Crippen molar-refractivity contribution in [2.75, 3.05) is 5.73 Å². The Labute approximate surface area is 68.1 Å². The summed E-state index contributed by atoms with van der Waals surface area (Å²) in [7, 11) is 0. The summed E-state index contributed by atoms with van der Waals surface area (Å²) in [6, 6.07) is 5.04. The third-order valence-corrected chi connectivity index (χ3v) is 1.57. The van der Waals surface area contributed by atoms with Gasteiger partial charge >= 0.3 is 6.08 Å². The van der Waals surface area contributed by atoms with E-state index in [1.807, 2.05) is 0 Å². The zero-order valence-corrected chi connectivity index (χ0v) is 6.16. The molecule has 0 bridgehead atoms. The number of rotatable bonds is 0. The molecule has 60 valence electrons. The Morgan fingerprint density at radius 1 is 1.33 bits per heavy atom. The normalized spacial score (nSPS) is 10.4. The van der Waals surface area contributed by atoms with Crippen molar-refractivity contribution < 1.29 is 4.39 Å². The highest BCUT2D eigenvalue weighted by atomic mass is 19.1. The van der Waals surface area contributed by atoms with Gasteiger partial charge in [-0.1, -0.05) is 0 Å². The summed E-state index contributed by atoms with van der Waals surface area (Å²) in [6.45, 7) is 0. The number of aromatic nitrogens is 2. The van der Waals surface area contributed by atoms with Crippen molar-refractivity contribution in [3.63, 3.8) is 0 Å². The molecule has 0 fully saturated rings. The van der Waals surface area contributed by atoms with Gasteiger partial charge in [0, 0.05) is 17.3 Å². The maximum absolute atomic E-state index is 12.5. The molecule has 0 spiro atoms. The maximum Gasteiger partial charge on any atom is 0.309 e. The zero-order valence-electron chi connectivity index (χ0n) is 6.16. The van der Waals surface area contributed by atoms with Crippen LogP contribution in [0.3, 0.4) is 0 Å². The first-order chi connectivity index (χ1) is 5.75. The summed E-state index contributed by atoms with van der Waals surface area (Å²) >= 11 is 0. The molecular formula is C8H6FN3. The molecular weight excluding hydrogens is 157 g/mol. The molecule has 0 atom stereocenters. The van der Waals surface area contributed by atoms with Gasteiger partial charge in [-0.25, -0.2) is 9.97 Å². The van der Waals surface area contributed by atoms with Gasteiger partial charge in [0.15, 0.2) is 0 Å². The number of anilines is 1. The van der Waals surface area contributed by atoms with Crippen molar-refractivity contribution in [2.45, 2.75) is 0 Å². The maximum atomic E-state index is 12.5. The number of fused-ring (bicyclic) bond motifs is 1. The van der Waals surface area contributed by atoms with E-state index >= 15 is 0 Å². The average Bonchev–Trinajstić information content (AvgIpc) is 2.05. The lowest BCUT2D eigenvalue weighted by Gasteiger charge is -1.96. The average molecular weight is 163 g/mol. The molecule has 0 unspecified atom stereocenters. The van der Waals surface area contributed by atoms with Gasteiger partial charge < -0.3 is 5.73 Å². The van der Waals surface area contributed by atoms with Crippen molar-refractivity contribution in [3.8, 4) is 0 Å². The molecule has 2 N–H and O–H groups in total. The van der Waals surface area contributed by atoms with Crippen LogP contribution in [0.25, 0.3) is 10.9 Å². The van der Waals surface area contributed by atoms with Crippen LogP contribution >= 0.6 is 0 Å². The summed E-state index contributed by atoms with van der Waals surface area (Å²) in [5.41, 5.74) is 6.70. The number of halogens is 1. The lowest BCUT2D eigenvalue weighted by atomic mass is 10.2. The van der Waals surface area contributed by atoms with Crippen LogP contribution in [-0.4, -0.2) is 9.97 Å². The van der Waals surface area contributed by atoms with E-state index in [9.17, 15) is 4.39 Å². The van der Waals surface area contributed by atoms with Gasteiger partial charge in [-0.2, -0.15) is 4.39 Å². The van der Waals surface area contributed by atoms with Crippen LogP contribution in [0.15, 0.2) is 24.4 Å². The predicted molar refractivity (Wildman–Crippen MR) is 43.9 cm³/mol. The first kappa shape index (κ1) is 6.97. The van der Waals surface area contributed by atoms with Crippen molar-refractivity contribution in [2.24, 2.45) is 0 Å². The van der Waals surface area contributed by atoms with Crippen LogP contribution in [0.1, 0.15) is 0 Å². The highest BCUT2D eigenvalue weighted by Crippen LogP contribution is 2.13. The van der Waals surface area contributed by atoms with Gasteiger partial charge in [0.25, 0.3) is 0 Å². The first-order valence-electron chi connectivity index (χ1n) is 3.43. The van der Waals surface area contributed by atoms with Gasteiger partial charge in [-0.15, -0.1) is 0 Å². The Kier molecular flexibility index (Phi) is 1.40. The topological polar surface area (TPSA) is 51.8 Å². The Morgan fingerprint density at radius 3 is 3.00 bits per heavy atom. The molecule has 0 saturated carbocycles. The highest BCUT2D eigenvalue weighted by Gasteiger charge is 1.97. The third-order valence-electron chi connectivity index (χ3n) is 1.57. The van der Waals surface area contributed by atoms with Crippen LogP contribution in [0.4, 0.5) is 10.1 Å². The number of nitrogen functional groups attached to an aromatic ring is 1. The van der Waals surface area contributed by atoms with E-state index in [1.54, 1.807) is 18.2 Å². The first-order valence-corrected chi connectivity index (χ1v) is 3.43. The summed E-state index contributed by atoms with van der Waals surface area (Å²) in [5, 5.41) is 0.747. The minimum atomic E-state index is -0.715. The van der Waals surface area contributed by atoms with E-state index < -0.39 is 6.08 Å². The van der Waals surface area contributed by atoms with Crippen molar-refractivity contribution >= 4 is 16.6 Å². The SMILES string of the molecule is Nc1ccc2nc(F)ncc2c1. The second kappa shape index (κ2) is 2.41. The van der Waals surface area contributed by atoms with Gasteiger partial charge in [0.05, 0.1) is 5.52 Å². The third kappa shape index (κ3) is 1.07. The number of nitrogens with two attached hydrogens (primary N) is 1. The van der Waals surface area contributed by atoms with E-state index in [4.69, 9.17) is 5.73 Å². The fourth-order valence-electron chi connectivity index (χ4n) is 1.03. The monoisotopic (exact) mass is 163 g/mol. The second-order valence-electron chi connectivity index (χ2n) is 2.46. The second-order valence-corrected chi connectivity index (χ2v) is 2.46. The number of nitrogens with zero attached hydrogens (tertiary/aromatic N) is 2. The molecule has 4 heteroatoms. The summed E-state index contributed by atoms with van der Waals surface area (Å²) in [5.74, 6) is 0. The van der Waals surface area contributed by atoms with E-state index in [-0.39, 0.29) is 0 Å². The van der Waals surface area contributed by atoms with Crippen LogP contribution in [0.2, 0.25) is 0 Å². The minimum absolute atomic E-state index is 0.566. The lowest BCUT2D eigenvalue weighted by Crippen LogP contribution is -1.90. The Bertz CT molecular complexity index is 386. The summed E-state index contributed by atoms with van der Waals surface area (Å²) < 4.78 is 12.5. The fraction of sp³-hybridized carbons (Fsp3) is 0. The summed E-state index contributed by atoms with van der Waals surface area (Å²) in [4.78, 5) is 7.00. The molecule has 3 nitrogen and oxygen atoms in total. The Balaban J connectivity index is 2.79. The molecule has 0 amide bonds.